The fourth-order valence-corrected chi connectivity index (χ4v) is 6.82. The summed E-state index contributed by atoms with van der Waals surface area (Å²) in [5, 5.41) is 29.9. The SMILES string of the molecule is C=C(C)[C@H]1CC[C@@]23CC[C@@H](C[C@H]2[C@]1(C)CCC(=O)O)[C@@](O)(CO)C3. The predicted molar refractivity (Wildman–Crippen MR) is 92.4 cm³/mol. The molecule has 4 rings (SSSR count). The molecule has 4 nitrogen and oxygen atoms in total. The summed E-state index contributed by atoms with van der Waals surface area (Å²) in [4.78, 5) is 11.2. The number of carboxylic acids is 1. The Balaban J connectivity index is 1.96. The van der Waals surface area contributed by atoms with Crippen LogP contribution in [0.2, 0.25) is 0 Å². The molecule has 0 aromatic rings. The molecular formula is C20H32O4. The van der Waals surface area contributed by atoms with Crippen molar-refractivity contribution >= 4 is 5.97 Å². The molecule has 3 N–H and O–H groups in total. The van der Waals surface area contributed by atoms with Crippen LogP contribution in [0.15, 0.2) is 12.2 Å². The number of aliphatic hydroxyl groups is 2. The predicted octanol–water partition coefficient (Wildman–Crippen LogP) is 3.37. The van der Waals surface area contributed by atoms with E-state index < -0.39 is 11.6 Å². The number of hydrogen-bond acceptors (Lipinski definition) is 3. The topological polar surface area (TPSA) is 77.8 Å². The smallest absolute Gasteiger partial charge is 0.303 e. The van der Waals surface area contributed by atoms with Crippen molar-refractivity contribution in [2.45, 2.75) is 70.8 Å². The highest BCUT2D eigenvalue weighted by Crippen LogP contribution is 2.69. The van der Waals surface area contributed by atoms with Gasteiger partial charge in [0.05, 0.1) is 12.2 Å². The van der Waals surface area contributed by atoms with Crippen molar-refractivity contribution in [3.05, 3.63) is 12.2 Å². The van der Waals surface area contributed by atoms with Gasteiger partial charge >= 0.3 is 5.97 Å². The lowest BCUT2D eigenvalue weighted by atomic mass is 9.38. The molecular weight excluding hydrogens is 304 g/mol. The average Bonchev–Trinajstić information content (AvgIpc) is 2.52. The van der Waals surface area contributed by atoms with Gasteiger partial charge in [-0.15, -0.1) is 0 Å². The molecule has 6 atom stereocenters. The van der Waals surface area contributed by atoms with Gasteiger partial charge < -0.3 is 15.3 Å². The van der Waals surface area contributed by atoms with E-state index in [9.17, 15) is 20.1 Å². The number of carboxylic acid groups (broad SMARTS) is 1. The summed E-state index contributed by atoms with van der Waals surface area (Å²) >= 11 is 0. The maximum Gasteiger partial charge on any atom is 0.303 e. The van der Waals surface area contributed by atoms with E-state index >= 15 is 0 Å². The standard InChI is InChI=1S/C20H32O4/c1-13(2)15-5-9-19-8-4-14(20(24,11-19)12-21)10-16(19)18(15,3)7-6-17(22)23/h14-16,21,24H,1,4-12H2,2-3H3,(H,22,23)/t14-,15+,16-,18+,19+,20-/m0/s1. The maximum absolute atomic E-state index is 11.2. The molecule has 2 bridgehead atoms. The minimum absolute atomic E-state index is 0.0609. The first-order chi connectivity index (χ1) is 11.2. The zero-order valence-electron chi connectivity index (χ0n) is 15.1. The van der Waals surface area contributed by atoms with Gasteiger partial charge in [-0.1, -0.05) is 19.1 Å². The van der Waals surface area contributed by atoms with E-state index in [1.54, 1.807) is 0 Å². The van der Waals surface area contributed by atoms with Crippen molar-refractivity contribution in [1.29, 1.82) is 0 Å². The first-order valence-electron chi connectivity index (χ1n) is 9.37. The van der Waals surface area contributed by atoms with E-state index in [-0.39, 0.29) is 29.8 Å². The summed E-state index contributed by atoms with van der Waals surface area (Å²) in [5.41, 5.74) is 0.221. The van der Waals surface area contributed by atoms with E-state index in [2.05, 4.69) is 20.4 Å². The lowest BCUT2D eigenvalue weighted by Gasteiger charge is -2.67. The van der Waals surface area contributed by atoms with Crippen LogP contribution >= 0.6 is 0 Å². The average molecular weight is 336 g/mol. The van der Waals surface area contributed by atoms with Crippen molar-refractivity contribution in [2.75, 3.05) is 6.61 Å². The minimum Gasteiger partial charge on any atom is -0.481 e. The van der Waals surface area contributed by atoms with Gasteiger partial charge in [-0.3, -0.25) is 4.79 Å². The van der Waals surface area contributed by atoms with Crippen molar-refractivity contribution in [3.8, 4) is 0 Å². The zero-order valence-corrected chi connectivity index (χ0v) is 15.1. The molecule has 4 heteroatoms. The largest absolute Gasteiger partial charge is 0.481 e. The van der Waals surface area contributed by atoms with Crippen LogP contribution in [0, 0.1) is 28.6 Å². The third-order valence-corrected chi connectivity index (χ3v) is 7.94. The first-order valence-corrected chi connectivity index (χ1v) is 9.37. The van der Waals surface area contributed by atoms with Gasteiger partial charge in [0.1, 0.15) is 0 Å². The number of aliphatic carboxylic acids is 1. The van der Waals surface area contributed by atoms with Crippen molar-refractivity contribution in [3.63, 3.8) is 0 Å². The van der Waals surface area contributed by atoms with E-state index in [1.165, 1.54) is 0 Å². The summed E-state index contributed by atoms with van der Waals surface area (Å²) in [5.74, 6) is 0.186. The summed E-state index contributed by atoms with van der Waals surface area (Å²) < 4.78 is 0. The Morgan fingerprint density at radius 1 is 1.29 bits per heavy atom. The quantitative estimate of drug-likeness (QED) is 0.673. The molecule has 0 aromatic heterocycles. The zero-order chi connectivity index (χ0) is 17.8. The molecule has 0 saturated heterocycles. The lowest BCUT2D eigenvalue weighted by Crippen LogP contribution is -2.64. The molecule has 0 unspecified atom stereocenters. The fraction of sp³-hybridized carbons (Fsp3) is 0.850. The third-order valence-electron chi connectivity index (χ3n) is 7.94. The normalized spacial score (nSPS) is 47.2. The van der Waals surface area contributed by atoms with E-state index in [0.717, 1.165) is 37.7 Å². The van der Waals surface area contributed by atoms with Gasteiger partial charge in [0.15, 0.2) is 0 Å². The number of carbonyl (C=O) groups is 1. The Bertz CT molecular complexity index is 544. The van der Waals surface area contributed by atoms with Crippen LogP contribution in [0.3, 0.4) is 0 Å². The molecule has 24 heavy (non-hydrogen) atoms. The minimum atomic E-state index is -0.932. The highest BCUT2D eigenvalue weighted by Gasteiger charge is 2.64. The van der Waals surface area contributed by atoms with Gasteiger partial charge in [-0.05, 0) is 80.5 Å². The molecule has 0 amide bonds. The summed E-state index contributed by atoms with van der Waals surface area (Å²) in [6.07, 6.45) is 6.64. The molecule has 0 aromatic carbocycles. The van der Waals surface area contributed by atoms with E-state index in [1.807, 2.05) is 0 Å². The van der Waals surface area contributed by atoms with E-state index in [4.69, 9.17) is 0 Å². The Morgan fingerprint density at radius 3 is 2.54 bits per heavy atom. The van der Waals surface area contributed by atoms with Crippen LogP contribution in [0.4, 0.5) is 0 Å². The number of rotatable bonds is 5. The second kappa shape index (κ2) is 5.84. The summed E-state index contributed by atoms with van der Waals surface area (Å²) in [6.45, 7) is 8.40. The molecule has 136 valence electrons. The Hall–Kier alpha value is -0.870. The number of fused-ring (bicyclic) bond motifs is 2. The van der Waals surface area contributed by atoms with Gasteiger partial charge in [0.2, 0.25) is 0 Å². The Kier molecular flexibility index (Phi) is 4.37. The molecule has 0 radical (unpaired) electrons. The highest BCUT2D eigenvalue weighted by molar-refractivity contribution is 5.66. The van der Waals surface area contributed by atoms with Gasteiger partial charge in [0, 0.05) is 6.42 Å². The van der Waals surface area contributed by atoms with Crippen LogP contribution in [0.25, 0.3) is 0 Å². The molecule has 4 aliphatic rings. The van der Waals surface area contributed by atoms with Gasteiger partial charge in [-0.2, -0.15) is 0 Å². The highest BCUT2D eigenvalue weighted by atomic mass is 16.4. The molecule has 0 aliphatic heterocycles. The second-order valence-electron chi connectivity index (χ2n) is 9.16. The lowest BCUT2D eigenvalue weighted by molar-refractivity contribution is -0.224. The van der Waals surface area contributed by atoms with Crippen LogP contribution in [0.1, 0.15) is 65.2 Å². The van der Waals surface area contributed by atoms with Gasteiger partial charge in [0.25, 0.3) is 0 Å². The van der Waals surface area contributed by atoms with Crippen molar-refractivity contribution in [2.24, 2.45) is 28.6 Å². The molecule has 1 spiro atoms. The third kappa shape index (κ3) is 2.53. The van der Waals surface area contributed by atoms with Crippen LogP contribution in [0.5, 0.6) is 0 Å². The van der Waals surface area contributed by atoms with Crippen molar-refractivity contribution in [1.82, 2.24) is 0 Å². The van der Waals surface area contributed by atoms with E-state index in [0.29, 0.717) is 24.7 Å². The maximum atomic E-state index is 11.2. The molecule has 4 saturated carbocycles. The Morgan fingerprint density at radius 2 is 1.96 bits per heavy atom. The molecule has 4 aliphatic carbocycles. The van der Waals surface area contributed by atoms with Crippen LogP contribution in [-0.4, -0.2) is 33.5 Å². The second-order valence-corrected chi connectivity index (χ2v) is 9.16. The van der Waals surface area contributed by atoms with Crippen LogP contribution < -0.4 is 0 Å². The molecule has 4 fully saturated rings. The van der Waals surface area contributed by atoms with Gasteiger partial charge in [-0.25, -0.2) is 0 Å². The monoisotopic (exact) mass is 336 g/mol. The number of hydrogen-bond donors (Lipinski definition) is 3. The Labute approximate surface area is 145 Å². The fourth-order valence-electron chi connectivity index (χ4n) is 6.82. The molecule has 0 heterocycles. The number of allylic oxidation sites excluding steroid dienone is 1. The summed E-state index contributed by atoms with van der Waals surface area (Å²) in [6, 6.07) is 0. The number of aliphatic hydroxyl groups excluding tert-OH is 1. The van der Waals surface area contributed by atoms with Crippen molar-refractivity contribution < 1.29 is 20.1 Å². The first kappa shape index (κ1) is 17.9. The van der Waals surface area contributed by atoms with Crippen LogP contribution in [-0.2, 0) is 4.79 Å². The summed E-state index contributed by atoms with van der Waals surface area (Å²) in [7, 11) is 0.